The second-order valence-corrected chi connectivity index (χ2v) is 12.6. The summed E-state index contributed by atoms with van der Waals surface area (Å²) in [4.78, 5) is 101. The largest absolute Gasteiger partial charge is 0.481 e. The van der Waals surface area contributed by atoms with Crippen LogP contribution >= 0.6 is 0 Å². The number of benzene rings is 2. The van der Waals surface area contributed by atoms with E-state index in [0.717, 1.165) is 10.8 Å². The molecule has 290 valence electrons. The van der Waals surface area contributed by atoms with Gasteiger partial charge in [-0.2, -0.15) is 0 Å². The van der Waals surface area contributed by atoms with Crippen molar-refractivity contribution in [3.05, 3.63) is 48.0 Å². The van der Waals surface area contributed by atoms with Gasteiger partial charge >= 0.3 is 5.97 Å². The lowest BCUT2D eigenvalue weighted by Crippen LogP contribution is -2.60. The van der Waals surface area contributed by atoms with E-state index in [0.29, 0.717) is 12.0 Å². The summed E-state index contributed by atoms with van der Waals surface area (Å²) in [7, 11) is 0. The molecule has 2 aromatic carbocycles. The highest BCUT2D eigenvalue weighted by atomic mass is 16.4. The van der Waals surface area contributed by atoms with Crippen molar-refractivity contribution < 1.29 is 53.7 Å². The fourth-order valence-electron chi connectivity index (χ4n) is 5.06. The molecule has 18 nitrogen and oxygen atoms in total. The number of amides is 7. The summed E-state index contributed by atoms with van der Waals surface area (Å²) in [5, 5.41) is 44.0. The number of primary amides is 1. The molecule has 0 heterocycles. The third-order valence-corrected chi connectivity index (χ3v) is 7.88. The van der Waals surface area contributed by atoms with Crippen LogP contribution in [0.3, 0.4) is 0 Å². The molecule has 0 fully saturated rings. The van der Waals surface area contributed by atoms with Crippen molar-refractivity contribution in [3.8, 4) is 0 Å². The summed E-state index contributed by atoms with van der Waals surface area (Å²) in [5.41, 5.74) is 5.99. The van der Waals surface area contributed by atoms with Gasteiger partial charge in [-0.15, -0.1) is 0 Å². The molecule has 0 saturated heterocycles. The summed E-state index contributed by atoms with van der Waals surface area (Å²) in [6.45, 7) is 1.91. The number of hydrogen-bond acceptors (Lipinski definition) is 10. The zero-order chi connectivity index (χ0) is 39.5. The molecule has 53 heavy (non-hydrogen) atoms. The van der Waals surface area contributed by atoms with Gasteiger partial charge in [0.2, 0.25) is 41.4 Å². The van der Waals surface area contributed by atoms with Crippen molar-refractivity contribution in [2.45, 2.75) is 76.5 Å². The molecule has 4 unspecified atom stereocenters. The predicted molar refractivity (Wildman–Crippen MR) is 190 cm³/mol. The number of rotatable bonds is 23. The van der Waals surface area contributed by atoms with Crippen molar-refractivity contribution in [1.82, 2.24) is 31.9 Å². The molecule has 0 saturated carbocycles. The summed E-state index contributed by atoms with van der Waals surface area (Å²) in [6.07, 6.45) is -0.953. The molecule has 4 atom stereocenters. The Bertz CT molecular complexity index is 1620. The normalized spacial score (nSPS) is 13.2. The third kappa shape index (κ3) is 15.7. The zero-order valence-electron chi connectivity index (χ0n) is 29.7. The predicted octanol–water partition coefficient (Wildman–Crippen LogP) is -2.29. The van der Waals surface area contributed by atoms with E-state index >= 15 is 0 Å². The van der Waals surface area contributed by atoms with Gasteiger partial charge < -0.3 is 53.0 Å². The first-order valence-electron chi connectivity index (χ1n) is 17.1. The number of carboxylic acid groups (broad SMARTS) is 1. The number of aliphatic hydroxyl groups excluding tert-OH is 2. The zero-order valence-corrected chi connectivity index (χ0v) is 29.7. The second-order valence-electron chi connectivity index (χ2n) is 12.6. The first-order chi connectivity index (χ1) is 25.1. The van der Waals surface area contributed by atoms with Crippen LogP contribution in [-0.2, 0) is 44.8 Å². The highest BCUT2D eigenvalue weighted by molar-refractivity contribution is 5.98. The number of aliphatic carboxylic acids is 1. The van der Waals surface area contributed by atoms with Gasteiger partial charge in [0, 0.05) is 32.4 Å². The average molecular weight is 744 g/mol. The monoisotopic (exact) mass is 743 g/mol. The maximum absolute atomic E-state index is 13.6. The van der Waals surface area contributed by atoms with E-state index in [-0.39, 0.29) is 38.8 Å². The maximum Gasteiger partial charge on any atom is 0.303 e. The molecular formula is C35H49N7O11. The van der Waals surface area contributed by atoms with Gasteiger partial charge in [-0.25, -0.2) is 0 Å². The Kier molecular flexibility index (Phi) is 18.4. The molecule has 0 spiro atoms. The topological polar surface area (TPSA) is 295 Å². The lowest BCUT2D eigenvalue weighted by Gasteiger charge is -2.26. The third-order valence-electron chi connectivity index (χ3n) is 7.88. The van der Waals surface area contributed by atoms with Crippen molar-refractivity contribution in [2.24, 2.45) is 11.7 Å². The molecule has 2 aromatic rings. The first-order valence-corrected chi connectivity index (χ1v) is 17.1. The Morgan fingerprint density at radius 3 is 1.96 bits per heavy atom. The van der Waals surface area contributed by atoms with Crippen LogP contribution in [0, 0.1) is 5.92 Å². The fourth-order valence-corrected chi connectivity index (χ4v) is 5.06. The van der Waals surface area contributed by atoms with Crippen molar-refractivity contribution in [2.75, 3.05) is 26.3 Å². The minimum absolute atomic E-state index is 0.00286. The van der Waals surface area contributed by atoms with Gasteiger partial charge in [0.1, 0.15) is 24.2 Å². The highest BCUT2D eigenvalue weighted by Crippen LogP contribution is 2.17. The van der Waals surface area contributed by atoms with Gasteiger partial charge in [0.15, 0.2) is 0 Å². The Morgan fingerprint density at radius 2 is 1.34 bits per heavy atom. The lowest BCUT2D eigenvalue weighted by molar-refractivity contribution is -0.137. The van der Waals surface area contributed by atoms with Crippen LogP contribution < -0.4 is 37.6 Å². The van der Waals surface area contributed by atoms with E-state index in [4.69, 9.17) is 15.9 Å². The molecule has 2 rings (SSSR count). The number of carboxylic acids is 1. The minimum Gasteiger partial charge on any atom is -0.481 e. The minimum atomic E-state index is -1.67. The van der Waals surface area contributed by atoms with Crippen LogP contribution in [0.4, 0.5) is 0 Å². The SMILES string of the molecule is CC(C)C(NC(=O)C(CO)NC(=O)C(CC(N)=O)NC(=O)C(Cc1ccc2ccccc2c1)NC(=O)CCCC(=O)O)C(=O)NCC(=O)NCCCO. The second kappa shape index (κ2) is 22.3. The Morgan fingerprint density at radius 1 is 0.698 bits per heavy atom. The Labute approximate surface area is 306 Å². The van der Waals surface area contributed by atoms with Crippen LogP contribution in [0.15, 0.2) is 42.5 Å². The van der Waals surface area contributed by atoms with E-state index < -0.39 is 97.0 Å². The number of fused-ring (bicyclic) bond motifs is 1. The number of carbonyl (C=O) groups excluding carboxylic acids is 7. The number of nitrogens with one attached hydrogen (secondary N) is 6. The Hall–Kier alpha value is -5.62. The summed E-state index contributed by atoms with van der Waals surface area (Å²) >= 11 is 0. The van der Waals surface area contributed by atoms with Gasteiger partial charge in [-0.05, 0) is 35.1 Å². The van der Waals surface area contributed by atoms with Crippen LogP contribution in [0.25, 0.3) is 10.8 Å². The number of carbonyl (C=O) groups is 8. The van der Waals surface area contributed by atoms with Gasteiger partial charge in [-0.1, -0.05) is 56.3 Å². The summed E-state index contributed by atoms with van der Waals surface area (Å²) in [6, 6.07) is 6.99. The van der Waals surface area contributed by atoms with Crippen molar-refractivity contribution >= 4 is 58.1 Å². The van der Waals surface area contributed by atoms with E-state index in [2.05, 4.69) is 31.9 Å². The van der Waals surface area contributed by atoms with Crippen LogP contribution in [-0.4, -0.2) is 113 Å². The maximum atomic E-state index is 13.6. The molecule has 0 aliphatic heterocycles. The fraction of sp³-hybridized carbons (Fsp3) is 0.486. The number of aliphatic hydroxyl groups is 2. The molecule has 0 bridgehead atoms. The number of nitrogens with two attached hydrogens (primary N) is 1. The quantitative estimate of drug-likeness (QED) is 0.0541. The summed E-state index contributed by atoms with van der Waals surface area (Å²) in [5.74, 6) is -7.47. The van der Waals surface area contributed by atoms with Crippen molar-refractivity contribution in [1.29, 1.82) is 0 Å². The van der Waals surface area contributed by atoms with Crippen LogP contribution in [0.1, 0.15) is 51.5 Å². The van der Waals surface area contributed by atoms with Gasteiger partial charge in [0.25, 0.3) is 0 Å². The number of hydrogen-bond donors (Lipinski definition) is 10. The lowest BCUT2D eigenvalue weighted by atomic mass is 10.0. The van der Waals surface area contributed by atoms with Crippen LogP contribution in [0.5, 0.6) is 0 Å². The van der Waals surface area contributed by atoms with Gasteiger partial charge in [-0.3, -0.25) is 38.4 Å². The highest BCUT2D eigenvalue weighted by Gasteiger charge is 2.33. The van der Waals surface area contributed by atoms with Crippen molar-refractivity contribution in [3.63, 3.8) is 0 Å². The molecule has 0 radical (unpaired) electrons. The molecule has 0 aromatic heterocycles. The smallest absolute Gasteiger partial charge is 0.303 e. The van der Waals surface area contributed by atoms with E-state index in [9.17, 15) is 43.5 Å². The van der Waals surface area contributed by atoms with E-state index in [1.54, 1.807) is 19.9 Å². The molecule has 18 heteroatoms. The molecule has 0 aliphatic rings. The Balaban J connectivity index is 2.20. The molecule has 0 aliphatic carbocycles. The first kappa shape index (κ1) is 43.5. The standard InChI is InChI=1S/C35H49N7O11/c1-20(2)31(35(53)38-18-29(47)37-13-6-14-43)42-34(52)26(19-44)41-33(51)25(17-27(36)45)40-32(50)24(39-28(46)9-5-10-30(48)49)16-21-11-12-22-7-3-4-8-23(22)15-21/h3-4,7-8,11-12,15,20,24-26,31,43-44H,5-6,9-10,13-14,16-19H2,1-2H3,(H2,36,45)(H,37,47)(H,38,53)(H,39,46)(H,40,50)(H,41,51)(H,42,52)(H,48,49). The average Bonchev–Trinajstić information content (AvgIpc) is 3.10. The van der Waals surface area contributed by atoms with Crippen LogP contribution in [0.2, 0.25) is 0 Å². The molecule has 11 N–H and O–H groups in total. The van der Waals surface area contributed by atoms with E-state index in [1.165, 1.54) is 0 Å². The summed E-state index contributed by atoms with van der Waals surface area (Å²) < 4.78 is 0. The molecular weight excluding hydrogens is 694 g/mol. The molecule has 7 amide bonds. The van der Waals surface area contributed by atoms with E-state index in [1.807, 2.05) is 36.4 Å². The van der Waals surface area contributed by atoms with Gasteiger partial charge in [0.05, 0.1) is 19.6 Å².